The first-order chi connectivity index (χ1) is 9.99. The third kappa shape index (κ3) is 4.76. The molecule has 0 unspecified atom stereocenters. The average Bonchev–Trinajstić information content (AvgIpc) is 2.45. The molecule has 0 bridgehead atoms. The second-order valence-electron chi connectivity index (χ2n) is 4.39. The van der Waals surface area contributed by atoms with Crippen molar-refractivity contribution in [1.29, 1.82) is 0 Å². The lowest BCUT2D eigenvalue weighted by atomic mass is 10.2. The van der Waals surface area contributed by atoms with E-state index in [-0.39, 0.29) is 24.0 Å². The summed E-state index contributed by atoms with van der Waals surface area (Å²) in [5.74, 6) is -0.208. The number of benzene rings is 1. The van der Waals surface area contributed by atoms with Crippen LogP contribution in [-0.2, 0) is 4.79 Å². The highest BCUT2D eigenvalue weighted by Crippen LogP contribution is 2.27. The van der Waals surface area contributed by atoms with E-state index >= 15 is 0 Å². The fraction of sp³-hybridized carbons (Fsp3) is 0.267. The molecule has 6 nitrogen and oxygen atoms in total. The zero-order valence-corrected chi connectivity index (χ0v) is 11.9. The van der Waals surface area contributed by atoms with Crippen LogP contribution in [0.5, 0.6) is 5.75 Å². The van der Waals surface area contributed by atoms with Gasteiger partial charge >= 0.3 is 5.69 Å². The summed E-state index contributed by atoms with van der Waals surface area (Å²) >= 11 is 0. The van der Waals surface area contributed by atoms with E-state index < -0.39 is 4.92 Å². The first-order valence-corrected chi connectivity index (χ1v) is 6.37. The van der Waals surface area contributed by atoms with Gasteiger partial charge in [-0.3, -0.25) is 14.9 Å². The number of nitro groups is 1. The van der Waals surface area contributed by atoms with E-state index in [9.17, 15) is 14.9 Å². The minimum absolute atomic E-state index is 0.0797. The topological polar surface area (TPSA) is 72.7 Å². The van der Waals surface area contributed by atoms with Gasteiger partial charge in [0.15, 0.2) is 12.4 Å². The molecule has 0 N–H and O–H groups in total. The Morgan fingerprint density at radius 2 is 2.00 bits per heavy atom. The number of hydrogen-bond acceptors (Lipinski definition) is 4. The molecular formula is C15H18N2O4. The lowest BCUT2D eigenvalue weighted by Crippen LogP contribution is -2.35. The van der Waals surface area contributed by atoms with Gasteiger partial charge in [0.05, 0.1) is 4.92 Å². The predicted octanol–water partition coefficient (Wildman–Crippen LogP) is 2.48. The van der Waals surface area contributed by atoms with Gasteiger partial charge in [-0.15, -0.1) is 13.2 Å². The summed E-state index contributed by atoms with van der Waals surface area (Å²) in [5.41, 5.74) is 0.599. The summed E-state index contributed by atoms with van der Waals surface area (Å²) < 4.78 is 5.29. The number of aryl methyl sites for hydroxylation is 1. The lowest BCUT2D eigenvalue weighted by molar-refractivity contribution is -0.385. The van der Waals surface area contributed by atoms with Crippen LogP contribution in [0.15, 0.2) is 43.5 Å². The van der Waals surface area contributed by atoms with Gasteiger partial charge < -0.3 is 9.64 Å². The summed E-state index contributed by atoms with van der Waals surface area (Å²) in [4.78, 5) is 23.9. The minimum atomic E-state index is -0.530. The molecule has 0 saturated carbocycles. The highest BCUT2D eigenvalue weighted by Gasteiger charge is 2.18. The molecule has 0 aliphatic carbocycles. The maximum absolute atomic E-state index is 12.0. The Morgan fingerprint density at radius 1 is 1.38 bits per heavy atom. The minimum Gasteiger partial charge on any atom is -0.477 e. The van der Waals surface area contributed by atoms with Gasteiger partial charge in [0.25, 0.3) is 5.91 Å². The van der Waals surface area contributed by atoms with Crippen molar-refractivity contribution in [2.75, 3.05) is 19.7 Å². The first-order valence-electron chi connectivity index (χ1n) is 6.37. The van der Waals surface area contributed by atoms with Crippen molar-refractivity contribution in [1.82, 2.24) is 4.90 Å². The number of nitrogens with zero attached hydrogens (tertiary/aromatic N) is 2. The number of nitro benzene ring substituents is 1. The van der Waals surface area contributed by atoms with E-state index in [1.807, 2.05) is 0 Å². The fourth-order valence-electron chi connectivity index (χ4n) is 1.71. The van der Waals surface area contributed by atoms with Crippen molar-refractivity contribution in [2.24, 2.45) is 0 Å². The molecule has 6 heteroatoms. The SMILES string of the molecule is C=CCN(CC=C)C(=O)COc1ccc(C)cc1[N+](=O)[O-]. The Morgan fingerprint density at radius 3 is 2.52 bits per heavy atom. The van der Waals surface area contributed by atoms with Crippen LogP contribution in [-0.4, -0.2) is 35.4 Å². The molecule has 0 atom stereocenters. The van der Waals surface area contributed by atoms with E-state index in [0.29, 0.717) is 13.1 Å². The van der Waals surface area contributed by atoms with Gasteiger partial charge in [0.2, 0.25) is 0 Å². The molecule has 21 heavy (non-hydrogen) atoms. The van der Waals surface area contributed by atoms with Gasteiger partial charge in [-0.1, -0.05) is 18.2 Å². The van der Waals surface area contributed by atoms with Crippen LogP contribution in [0.3, 0.4) is 0 Å². The normalized spacial score (nSPS) is 9.76. The van der Waals surface area contributed by atoms with Crippen molar-refractivity contribution in [2.45, 2.75) is 6.92 Å². The molecular weight excluding hydrogens is 272 g/mol. The second-order valence-corrected chi connectivity index (χ2v) is 4.39. The Bertz CT molecular complexity index is 545. The highest BCUT2D eigenvalue weighted by atomic mass is 16.6. The third-order valence-electron chi connectivity index (χ3n) is 2.71. The number of hydrogen-bond donors (Lipinski definition) is 0. The van der Waals surface area contributed by atoms with Gasteiger partial charge in [-0.2, -0.15) is 0 Å². The smallest absolute Gasteiger partial charge is 0.311 e. The quantitative estimate of drug-likeness (QED) is 0.419. The van der Waals surface area contributed by atoms with Gasteiger partial charge in [-0.05, 0) is 18.6 Å². The van der Waals surface area contributed by atoms with Crippen molar-refractivity contribution in [3.63, 3.8) is 0 Å². The molecule has 1 rings (SSSR count). The summed E-state index contributed by atoms with van der Waals surface area (Å²) in [6.45, 7) is 9.35. The number of ether oxygens (including phenoxy) is 1. The Labute approximate surface area is 123 Å². The molecule has 0 saturated heterocycles. The largest absolute Gasteiger partial charge is 0.477 e. The molecule has 0 aromatic heterocycles. The third-order valence-corrected chi connectivity index (χ3v) is 2.71. The van der Waals surface area contributed by atoms with Gasteiger partial charge in [0.1, 0.15) is 0 Å². The van der Waals surface area contributed by atoms with Crippen LogP contribution in [0.2, 0.25) is 0 Å². The maximum Gasteiger partial charge on any atom is 0.311 e. The standard InChI is InChI=1S/C15H18N2O4/c1-4-8-16(9-5-2)15(18)11-21-14-7-6-12(3)10-13(14)17(19)20/h4-7,10H,1-2,8-9,11H2,3H3. The molecule has 112 valence electrons. The van der Waals surface area contributed by atoms with Crippen LogP contribution in [0, 0.1) is 17.0 Å². The zero-order valence-electron chi connectivity index (χ0n) is 11.9. The van der Waals surface area contributed by atoms with E-state index in [1.54, 1.807) is 25.1 Å². The van der Waals surface area contributed by atoms with Crippen LogP contribution >= 0.6 is 0 Å². The average molecular weight is 290 g/mol. The summed E-state index contributed by atoms with van der Waals surface area (Å²) in [7, 11) is 0. The predicted molar refractivity (Wildman–Crippen MR) is 80.3 cm³/mol. The van der Waals surface area contributed by atoms with E-state index in [4.69, 9.17) is 4.74 Å². The summed E-state index contributed by atoms with van der Waals surface area (Å²) in [6.07, 6.45) is 3.19. The van der Waals surface area contributed by atoms with Gasteiger partial charge in [0, 0.05) is 19.2 Å². The number of rotatable bonds is 8. The number of carbonyl (C=O) groups is 1. The van der Waals surface area contributed by atoms with Crippen LogP contribution < -0.4 is 4.74 Å². The van der Waals surface area contributed by atoms with Gasteiger partial charge in [-0.25, -0.2) is 0 Å². The molecule has 1 aromatic rings. The second kappa shape index (κ2) is 7.84. The van der Waals surface area contributed by atoms with Crippen LogP contribution in [0.25, 0.3) is 0 Å². The molecule has 0 radical (unpaired) electrons. The van der Waals surface area contributed by atoms with E-state index in [2.05, 4.69) is 13.2 Å². The van der Waals surface area contributed by atoms with Crippen molar-refractivity contribution < 1.29 is 14.5 Å². The molecule has 1 aromatic carbocycles. The lowest BCUT2D eigenvalue weighted by Gasteiger charge is -2.19. The molecule has 1 amide bonds. The molecule has 0 spiro atoms. The molecule has 0 heterocycles. The van der Waals surface area contributed by atoms with Crippen molar-refractivity contribution in [3.05, 3.63) is 59.2 Å². The van der Waals surface area contributed by atoms with Crippen LogP contribution in [0.1, 0.15) is 5.56 Å². The molecule has 0 aliphatic heterocycles. The number of carbonyl (C=O) groups excluding carboxylic acids is 1. The molecule has 0 fully saturated rings. The van der Waals surface area contributed by atoms with Crippen LogP contribution in [0.4, 0.5) is 5.69 Å². The molecule has 0 aliphatic rings. The summed E-state index contributed by atoms with van der Waals surface area (Å²) in [6, 6.07) is 4.59. The Kier molecular flexibility index (Phi) is 6.13. The highest BCUT2D eigenvalue weighted by molar-refractivity contribution is 5.78. The summed E-state index contributed by atoms with van der Waals surface area (Å²) in [5, 5.41) is 11.0. The number of amides is 1. The van der Waals surface area contributed by atoms with E-state index in [0.717, 1.165) is 5.56 Å². The fourth-order valence-corrected chi connectivity index (χ4v) is 1.71. The van der Waals surface area contributed by atoms with E-state index in [1.165, 1.54) is 17.0 Å². The Hall–Kier alpha value is -2.63. The monoisotopic (exact) mass is 290 g/mol. The maximum atomic E-state index is 12.0. The Balaban J connectivity index is 2.78. The first kappa shape index (κ1) is 16.4. The van der Waals surface area contributed by atoms with Crippen molar-refractivity contribution >= 4 is 11.6 Å². The zero-order chi connectivity index (χ0) is 15.8. The van der Waals surface area contributed by atoms with Crippen molar-refractivity contribution in [3.8, 4) is 5.75 Å².